The summed E-state index contributed by atoms with van der Waals surface area (Å²) in [6.07, 6.45) is -1.09. The molecule has 2 aliphatic rings. The van der Waals surface area contributed by atoms with E-state index >= 15 is 0 Å². The Morgan fingerprint density at radius 2 is 1.80 bits per heavy atom. The number of piperidine rings is 1. The van der Waals surface area contributed by atoms with Gasteiger partial charge in [-0.05, 0) is 49.5 Å². The molecule has 5 rings (SSSR count). The second-order valence-electron chi connectivity index (χ2n) is 8.77. The zero-order chi connectivity index (χ0) is 25.2. The molecular weight excluding hydrogens is 481 g/mol. The van der Waals surface area contributed by atoms with Crippen molar-refractivity contribution in [3.63, 3.8) is 0 Å². The quantitative estimate of drug-likeness (QED) is 0.577. The van der Waals surface area contributed by atoms with Gasteiger partial charge >= 0.3 is 12.1 Å². The molecule has 0 aliphatic carbocycles. The van der Waals surface area contributed by atoms with Crippen LogP contribution < -0.4 is 0 Å². The maximum atomic E-state index is 12.8. The highest BCUT2D eigenvalue weighted by atomic mass is 32.1. The molecule has 11 heteroatoms. The first-order valence-corrected chi connectivity index (χ1v) is 11.9. The summed E-state index contributed by atoms with van der Waals surface area (Å²) in [7, 11) is 1.92. The number of rotatable bonds is 3. The first-order chi connectivity index (χ1) is 16.6. The number of benzene rings is 1. The normalized spacial score (nSPS) is 17.6. The van der Waals surface area contributed by atoms with Crippen LogP contribution in [0.1, 0.15) is 33.8 Å². The Hall–Kier alpha value is -3.18. The van der Waals surface area contributed by atoms with Gasteiger partial charge in [0.1, 0.15) is 0 Å². The fourth-order valence-electron chi connectivity index (χ4n) is 4.60. The van der Waals surface area contributed by atoms with Crippen molar-refractivity contribution in [3.05, 3.63) is 70.2 Å². The lowest BCUT2D eigenvalue weighted by Gasteiger charge is -2.45. The third kappa shape index (κ3) is 5.40. The third-order valence-electron chi connectivity index (χ3n) is 6.37. The van der Waals surface area contributed by atoms with Crippen LogP contribution in [0.4, 0.5) is 13.2 Å². The van der Waals surface area contributed by atoms with Crippen LogP contribution in [0.15, 0.2) is 54.0 Å². The topological polar surface area (TPSA) is 78.7 Å². The molecule has 0 saturated carbocycles. The molecule has 1 saturated heterocycles. The highest BCUT2D eigenvalue weighted by Gasteiger charge is 2.46. The van der Waals surface area contributed by atoms with E-state index in [-0.39, 0.29) is 11.3 Å². The van der Waals surface area contributed by atoms with Crippen molar-refractivity contribution in [3.8, 4) is 5.69 Å². The Labute approximate surface area is 204 Å². The number of alkyl halides is 3. The molecule has 0 unspecified atom stereocenters. The fourth-order valence-corrected chi connectivity index (χ4v) is 5.34. The van der Waals surface area contributed by atoms with Crippen molar-refractivity contribution in [1.82, 2.24) is 19.6 Å². The van der Waals surface area contributed by atoms with Crippen LogP contribution in [0, 0.1) is 0 Å². The van der Waals surface area contributed by atoms with E-state index in [1.165, 1.54) is 4.88 Å². The number of aliphatic carboxylic acids is 1. The second-order valence-corrected chi connectivity index (χ2v) is 9.80. The highest BCUT2D eigenvalue weighted by Crippen LogP contribution is 2.41. The average molecular weight is 507 g/mol. The first-order valence-electron chi connectivity index (χ1n) is 11.0. The van der Waals surface area contributed by atoms with Gasteiger partial charge < -0.3 is 10.0 Å². The number of hydrogen-bond acceptors (Lipinski definition) is 5. The van der Waals surface area contributed by atoms with Gasteiger partial charge in [-0.3, -0.25) is 9.69 Å². The number of amides is 1. The predicted molar refractivity (Wildman–Crippen MR) is 125 cm³/mol. The summed E-state index contributed by atoms with van der Waals surface area (Å²) >= 11 is 1.82. The van der Waals surface area contributed by atoms with Gasteiger partial charge in [0, 0.05) is 36.6 Å². The second kappa shape index (κ2) is 9.82. The summed E-state index contributed by atoms with van der Waals surface area (Å²) in [5.41, 5.74) is 2.72. The molecule has 1 N–H and O–H groups in total. The number of fused-ring (bicyclic) bond motifs is 2. The molecule has 2 aliphatic heterocycles. The Balaban J connectivity index is 0.000000364. The fraction of sp³-hybridized carbons (Fsp3) is 0.375. The molecule has 0 atom stereocenters. The van der Waals surface area contributed by atoms with Crippen molar-refractivity contribution in [1.29, 1.82) is 0 Å². The van der Waals surface area contributed by atoms with E-state index in [0.717, 1.165) is 56.0 Å². The van der Waals surface area contributed by atoms with Crippen molar-refractivity contribution >= 4 is 23.2 Å². The number of carbonyl (C=O) groups is 2. The number of carbonyl (C=O) groups excluding carboxylic acids is 1. The number of halogens is 3. The first kappa shape index (κ1) is 24.9. The van der Waals surface area contributed by atoms with Crippen LogP contribution >= 0.6 is 11.3 Å². The van der Waals surface area contributed by atoms with Crippen LogP contribution in [0.5, 0.6) is 0 Å². The van der Waals surface area contributed by atoms with Crippen LogP contribution in [0.2, 0.25) is 0 Å². The third-order valence-corrected chi connectivity index (χ3v) is 7.23. The van der Waals surface area contributed by atoms with Gasteiger partial charge in [-0.1, -0.05) is 24.3 Å². The Kier molecular flexibility index (Phi) is 7.00. The molecule has 1 aromatic carbocycles. The average Bonchev–Trinajstić information content (AvgIpc) is 3.50. The van der Waals surface area contributed by atoms with Gasteiger partial charge in [0.25, 0.3) is 5.91 Å². The van der Waals surface area contributed by atoms with Crippen molar-refractivity contribution in [2.75, 3.05) is 26.7 Å². The molecule has 7 nitrogen and oxygen atoms in total. The molecule has 186 valence electrons. The number of carboxylic acids is 1. The summed E-state index contributed by atoms with van der Waals surface area (Å²) < 4.78 is 33.6. The highest BCUT2D eigenvalue weighted by molar-refractivity contribution is 7.09. The van der Waals surface area contributed by atoms with Crippen molar-refractivity contribution in [2.45, 2.75) is 31.0 Å². The lowest BCUT2D eigenvalue weighted by atomic mass is 9.72. The lowest BCUT2D eigenvalue weighted by molar-refractivity contribution is -0.192. The van der Waals surface area contributed by atoms with E-state index in [9.17, 15) is 18.0 Å². The van der Waals surface area contributed by atoms with E-state index in [0.29, 0.717) is 0 Å². The van der Waals surface area contributed by atoms with Crippen LogP contribution in [-0.4, -0.2) is 69.4 Å². The number of carboxylic acid groups (broad SMARTS) is 1. The van der Waals surface area contributed by atoms with Gasteiger partial charge in [-0.2, -0.15) is 18.3 Å². The summed E-state index contributed by atoms with van der Waals surface area (Å²) in [4.78, 5) is 27.6. The van der Waals surface area contributed by atoms with Gasteiger partial charge in [-0.25, -0.2) is 9.48 Å². The van der Waals surface area contributed by atoms with Crippen molar-refractivity contribution in [2.24, 2.45) is 0 Å². The van der Waals surface area contributed by atoms with E-state index in [1.54, 1.807) is 0 Å². The SMILES string of the molecule is CN1CC2(CCN(Cc3cccs3)CC2)c2nn(-c3ccccc3)cc2C1=O.O=C(O)C(F)(F)F. The van der Waals surface area contributed by atoms with Gasteiger partial charge in [0.15, 0.2) is 0 Å². The summed E-state index contributed by atoms with van der Waals surface area (Å²) in [5.74, 6) is -2.67. The molecular formula is C24H25F3N4O3S. The van der Waals surface area contributed by atoms with E-state index < -0.39 is 12.1 Å². The number of hydrogen-bond donors (Lipinski definition) is 1. The van der Waals surface area contributed by atoms with Crippen molar-refractivity contribution < 1.29 is 27.9 Å². The minimum absolute atomic E-state index is 0.0377. The van der Waals surface area contributed by atoms with E-state index in [1.807, 2.05) is 64.5 Å². The predicted octanol–water partition coefficient (Wildman–Crippen LogP) is 4.19. The molecule has 35 heavy (non-hydrogen) atoms. The largest absolute Gasteiger partial charge is 0.490 e. The minimum Gasteiger partial charge on any atom is -0.475 e. The van der Waals surface area contributed by atoms with Crippen LogP contribution in [0.3, 0.4) is 0 Å². The number of aromatic nitrogens is 2. The molecule has 2 aromatic heterocycles. The summed E-state index contributed by atoms with van der Waals surface area (Å²) in [6.45, 7) is 3.86. The molecule has 1 amide bonds. The smallest absolute Gasteiger partial charge is 0.475 e. The van der Waals surface area contributed by atoms with Gasteiger partial charge in [0.05, 0.1) is 16.9 Å². The lowest BCUT2D eigenvalue weighted by Crippen LogP contribution is -2.53. The number of likely N-dealkylation sites (tertiary alicyclic amines) is 1. The molecule has 4 heterocycles. The standard InChI is InChI=1S/C22H24N4OS.C2HF3O2/c1-24-16-22(9-11-25(12-10-22)14-18-8-5-13-28-18)20-19(21(24)27)15-26(23-20)17-6-3-2-4-7-17;3-2(4,5)1(6)7/h2-8,13,15H,9-12,14,16H2,1H3;(H,6,7). The van der Waals surface area contributed by atoms with Crippen LogP contribution in [-0.2, 0) is 16.8 Å². The Morgan fingerprint density at radius 1 is 1.14 bits per heavy atom. The number of nitrogens with zero attached hydrogens (tertiary/aromatic N) is 4. The van der Waals surface area contributed by atoms with Gasteiger partial charge in [-0.15, -0.1) is 11.3 Å². The summed E-state index contributed by atoms with van der Waals surface area (Å²) in [6, 6.07) is 14.4. The van der Waals surface area contributed by atoms with E-state index in [4.69, 9.17) is 15.0 Å². The maximum Gasteiger partial charge on any atom is 0.490 e. The number of para-hydroxylation sites is 1. The minimum atomic E-state index is -5.08. The molecule has 0 radical (unpaired) electrons. The molecule has 1 fully saturated rings. The van der Waals surface area contributed by atoms with Gasteiger partial charge in [0.2, 0.25) is 0 Å². The molecule has 0 bridgehead atoms. The summed E-state index contributed by atoms with van der Waals surface area (Å²) in [5, 5.41) is 14.2. The number of likely N-dealkylation sites (N-methyl/N-ethyl adjacent to an activating group) is 1. The zero-order valence-electron chi connectivity index (χ0n) is 19.0. The molecule has 3 aromatic rings. The Morgan fingerprint density at radius 3 is 2.37 bits per heavy atom. The van der Waals surface area contributed by atoms with E-state index in [2.05, 4.69) is 22.4 Å². The molecule has 1 spiro atoms. The maximum absolute atomic E-state index is 12.8. The van der Waals surface area contributed by atoms with Crippen LogP contribution in [0.25, 0.3) is 5.69 Å². The number of thiophene rings is 1. The Bertz CT molecular complexity index is 1170. The zero-order valence-corrected chi connectivity index (χ0v) is 19.8. The monoisotopic (exact) mass is 506 g/mol.